The minimum atomic E-state index is 0.389. The molecule has 2 nitrogen and oxygen atoms in total. The average molecular weight is 231 g/mol. The lowest BCUT2D eigenvalue weighted by Crippen LogP contribution is -1.93. The fraction of sp³-hybridized carbons (Fsp3) is 0.231. The maximum Gasteiger partial charge on any atom is 0.102 e. The molecule has 2 rings (SSSR count). The van der Waals surface area contributed by atoms with Gasteiger partial charge in [-0.2, -0.15) is 5.26 Å². The summed E-state index contributed by atoms with van der Waals surface area (Å²) in [5, 5.41) is 10.2. The van der Waals surface area contributed by atoms with Crippen LogP contribution in [-0.2, 0) is 0 Å². The Hall–Kier alpha value is -1.59. The van der Waals surface area contributed by atoms with Gasteiger partial charge in [-0.3, -0.25) is 4.98 Å². The zero-order valence-corrected chi connectivity index (χ0v) is 9.92. The summed E-state index contributed by atoms with van der Waals surface area (Å²) in [4.78, 5) is 4.33. The molecule has 0 N–H and O–H groups in total. The van der Waals surface area contributed by atoms with Gasteiger partial charge in [-0.1, -0.05) is 43.6 Å². The Morgan fingerprint density at radius 3 is 2.75 bits per heavy atom. The van der Waals surface area contributed by atoms with Crippen LogP contribution in [0.25, 0.3) is 10.9 Å². The molecule has 2 aromatic rings. The van der Waals surface area contributed by atoms with Gasteiger partial charge in [0.25, 0.3) is 0 Å². The largest absolute Gasteiger partial charge is 0.254 e. The summed E-state index contributed by atoms with van der Waals surface area (Å²) in [6.07, 6.45) is 1.54. The Labute approximate surface area is 99.5 Å². The van der Waals surface area contributed by atoms with Gasteiger partial charge in [-0.05, 0) is 11.5 Å². The van der Waals surface area contributed by atoms with Gasteiger partial charge >= 0.3 is 0 Å². The smallest absolute Gasteiger partial charge is 0.102 e. The topological polar surface area (TPSA) is 36.7 Å². The second kappa shape index (κ2) is 4.11. The molecule has 0 atom stereocenters. The van der Waals surface area contributed by atoms with E-state index in [0.29, 0.717) is 16.5 Å². The molecule has 0 fully saturated rings. The van der Waals surface area contributed by atoms with Crippen molar-refractivity contribution in [1.29, 1.82) is 5.26 Å². The molecule has 0 aliphatic rings. The molecular weight excluding hydrogens is 220 g/mol. The first-order chi connectivity index (χ1) is 7.65. The summed E-state index contributed by atoms with van der Waals surface area (Å²) >= 11 is 6.16. The van der Waals surface area contributed by atoms with Crippen LogP contribution in [0.2, 0.25) is 5.02 Å². The van der Waals surface area contributed by atoms with Gasteiger partial charge in [-0.15, -0.1) is 0 Å². The van der Waals surface area contributed by atoms with Crippen molar-refractivity contribution in [2.24, 2.45) is 0 Å². The van der Waals surface area contributed by atoms with E-state index >= 15 is 0 Å². The van der Waals surface area contributed by atoms with E-state index in [9.17, 15) is 0 Å². The summed E-state index contributed by atoms with van der Waals surface area (Å²) < 4.78 is 0. The normalized spacial score (nSPS) is 10.7. The Morgan fingerprint density at radius 1 is 1.38 bits per heavy atom. The van der Waals surface area contributed by atoms with Crippen LogP contribution >= 0.6 is 11.6 Å². The van der Waals surface area contributed by atoms with Crippen LogP contribution in [0.3, 0.4) is 0 Å². The van der Waals surface area contributed by atoms with Crippen LogP contribution in [0.15, 0.2) is 24.4 Å². The number of nitrogens with zero attached hydrogens (tertiary/aromatic N) is 2. The van der Waals surface area contributed by atoms with Gasteiger partial charge in [0, 0.05) is 11.6 Å². The van der Waals surface area contributed by atoms with E-state index in [1.54, 1.807) is 0 Å². The van der Waals surface area contributed by atoms with Crippen LogP contribution in [0.1, 0.15) is 30.9 Å². The van der Waals surface area contributed by atoms with Crippen molar-refractivity contribution in [2.75, 3.05) is 0 Å². The second-order valence-electron chi connectivity index (χ2n) is 4.00. The van der Waals surface area contributed by atoms with Crippen LogP contribution < -0.4 is 0 Å². The van der Waals surface area contributed by atoms with Crippen LogP contribution in [0.4, 0.5) is 0 Å². The molecule has 3 heteroatoms. The minimum absolute atomic E-state index is 0.389. The standard InChI is InChI=1S/C13H11ClN2/c1-8(2)10-4-3-5-11-12(14)9(6-15)7-16-13(10)11/h3-5,7-8H,1-2H3. The highest BCUT2D eigenvalue weighted by atomic mass is 35.5. The number of pyridine rings is 1. The van der Waals surface area contributed by atoms with Crippen molar-refractivity contribution in [3.8, 4) is 6.07 Å². The van der Waals surface area contributed by atoms with Gasteiger partial charge in [0.2, 0.25) is 0 Å². The second-order valence-corrected chi connectivity index (χ2v) is 4.37. The summed E-state index contributed by atoms with van der Waals surface area (Å²) in [6, 6.07) is 7.94. The van der Waals surface area contributed by atoms with Crippen LogP contribution in [-0.4, -0.2) is 4.98 Å². The SMILES string of the molecule is CC(C)c1cccc2c(Cl)c(C#N)cnc12. The van der Waals surface area contributed by atoms with E-state index in [-0.39, 0.29) is 0 Å². The lowest BCUT2D eigenvalue weighted by molar-refractivity contribution is 0.873. The molecule has 0 saturated carbocycles. The molecule has 0 aliphatic heterocycles. The molecular formula is C13H11ClN2. The van der Waals surface area contributed by atoms with E-state index in [4.69, 9.17) is 16.9 Å². The highest BCUT2D eigenvalue weighted by Crippen LogP contribution is 2.30. The summed E-state index contributed by atoms with van der Waals surface area (Å²) in [5.74, 6) is 0.389. The van der Waals surface area contributed by atoms with E-state index < -0.39 is 0 Å². The predicted octanol–water partition coefficient (Wildman–Crippen LogP) is 3.88. The third-order valence-corrected chi connectivity index (χ3v) is 3.01. The van der Waals surface area contributed by atoms with E-state index in [1.807, 2.05) is 24.3 Å². The van der Waals surface area contributed by atoms with Crippen LogP contribution in [0, 0.1) is 11.3 Å². The third-order valence-electron chi connectivity index (χ3n) is 2.61. The number of fused-ring (bicyclic) bond motifs is 1. The Morgan fingerprint density at radius 2 is 2.12 bits per heavy atom. The molecule has 0 spiro atoms. The summed E-state index contributed by atoms with van der Waals surface area (Å²) in [6.45, 7) is 4.23. The molecule has 0 aliphatic carbocycles. The summed E-state index contributed by atoms with van der Waals surface area (Å²) in [5.41, 5.74) is 2.47. The first kappa shape index (κ1) is 10.9. The Balaban J connectivity index is 2.84. The molecule has 0 saturated heterocycles. The number of nitriles is 1. The fourth-order valence-electron chi connectivity index (χ4n) is 1.76. The number of benzene rings is 1. The van der Waals surface area contributed by atoms with Gasteiger partial charge in [0.05, 0.1) is 16.1 Å². The van der Waals surface area contributed by atoms with Crippen molar-refractivity contribution in [1.82, 2.24) is 4.98 Å². The predicted molar refractivity (Wildman–Crippen MR) is 65.6 cm³/mol. The van der Waals surface area contributed by atoms with Crippen molar-refractivity contribution in [2.45, 2.75) is 19.8 Å². The number of rotatable bonds is 1. The number of aromatic nitrogens is 1. The van der Waals surface area contributed by atoms with Gasteiger partial charge in [0.1, 0.15) is 6.07 Å². The zero-order valence-electron chi connectivity index (χ0n) is 9.16. The molecule has 0 bridgehead atoms. The third kappa shape index (κ3) is 1.64. The van der Waals surface area contributed by atoms with Crippen molar-refractivity contribution >= 4 is 22.5 Å². The maximum atomic E-state index is 8.88. The first-order valence-corrected chi connectivity index (χ1v) is 5.50. The van der Waals surface area contributed by atoms with Crippen molar-refractivity contribution < 1.29 is 0 Å². The van der Waals surface area contributed by atoms with Crippen molar-refractivity contribution in [3.05, 3.63) is 40.5 Å². The molecule has 1 aromatic carbocycles. The zero-order chi connectivity index (χ0) is 11.7. The molecule has 16 heavy (non-hydrogen) atoms. The van der Waals surface area contributed by atoms with E-state index in [1.165, 1.54) is 6.20 Å². The number of para-hydroxylation sites is 1. The van der Waals surface area contributed by atoms with Crippen molar-refractivity contribution in [3.63, 3.8) is 0 Å². The quantitative estimate of drug-likeness (QED) is 0.745. The Bertz CT molecular complexity index is 582. The minimum Gasteiger partial charge on any atom is -0.254 e. The highest BCUT2D eigenvalue weighted by Gasteiger charge is 2.10. The number of halogens is 1. The molecule has 0 amide bonds. The Kier molecular flexibility index (Phi) is 2.80. The number of hydrogen-bond acceptors (Lipinski definition) is 2. The lowest BCUT2D eigenvalue weighted by atomic mass is 9.99. The summed E-state index contributed by atoms with van der Waals surface area (Å²) in [7, 11) is 0. The van der Waals surface area contributed by atoms with E-state index in [2.05, 4.69) is 18.8 Å². The highest BCUT2D eigenvalue weighted by molar-refractivity contribution is 6.36. The number of hydrogen-bond donors (Lipinski definition) is 0. The molecule has 1 heterocycles. The van der Waals surface area contributed by atoms with Gasteiger partial charge in [0.15, 0.2) is 0 Å². The lowest BCUT2D eigenvalue weighted by Gasteiger charge is -2.10. The molecule has 0 unspecified atom stereocenters. The monoisotopic (exact) mass is 230 g/mol. The molecule has 1 aromatic heterocycles. The first-order valence-electron chi connectivity index (χ1n) is 5.12. The maximum absolute atomic E-state index is 8.88. The van der Waals surface area contributed by atoms with Gasteiger partial charge in [-0.25, -0.2) is 0 Å². The average Bonchev–Trinajstić information content (AvgIpc) is 2.29. The molecule has 80 valence electrons. The van der Waals surface area contributed by atoms with Crippen LogP contribution in [0.5, 0.6) is 0 Å². The van der Waals surface area contributed by atoms with Gasteiger partial charge < -0.3 is 0 Å². The molecule has 0 radical (unpaired) electrons. The fourth-order valence-corrected chi connectivity index (χ4v) is 2.00. The van der Waals surface area contributed by atoms with E-state index in [0.717, 1.165) is 16.5 Å².